The van der Waals surface area contributed by atoms with Crippen LogP contribution in [0.1, 0.15) is 96.8 Å². The van der Waals surface area contributed by atoms with Crippen LogP contribution in [0.2, 0.25) is 0 Å². The van der Waals surface area contributed by atoms with E-state index in [-0.39, 0.29) is 0 Å². The monoisotopic (exact) mass is 297 g/mol. The fraction of sp³-hybridized carbons (Fsp3) is 0.944. The molecule has 1 rings (SSSR count). The minimum Gasteiger partial charge on any atom is -0.282 e. The first-order chi connectivity index (χ1) is 9.93. The quantitative estimate of drug-likeness (QED) is 0.328. The molecule has 1 aliphatic heterocycles. The Hall–Kier alpha value is 0.0200. The van der Waals surface area contributed by atoms with Crippen LogP contribution in [0, 0.1) is 0 Å². The fourth-order valence-corrected chi connectivity index (χ4v) is 3.70. The van der Waals surface area contributed by atoms with Gasteiger partial charge in [0.15, 0.2) is 0 Å². The van der Waals surface area contributed by atoms with Crippen molar-refractivity contribution in [3.63, 3.8) is 0 Å². The van der Waals surface area contributed by atoms with Crippen LogP contribution in [0.25, 0.3) is 0 Å². The molecule has 0 fully saturated rings. The number of hydrogen-bond acceptors (Lipinski definition) is 2. The largest absolute Gasteiger partial charge is 0.282 e. The van der Waals surface area contributed by atoms with Gasteiger partial charge >= 0.3 is 0 Å². The highest BCUT2D eigenvalue weighted by atomic mass is 32.2. The molecule has 0 aliphatic carbocycles. The summed E-state index contributed by atoms with van der Waals surface area (Å²) in [5.74, 6) is 1.23. The summed E-state index contributed by atoms with van der Waals surface area (Å²) in [6.45, 7) is 2.29. The van der Waals surface area contributed by atoms with Crippen molar-refractivity contribution in [3.8, 4) is 0 Å². The van der Waals surface area contributed by atoms with Gasteiger partial charge in [0, 0.05) is 5.75 Å². The molecule has 0 saturated carbocycles. The maximum Gasteiger partial charge on any atom is 0.0600 e. The standard InChI is InChI=1S/C18H35NS/c1-2-3-4-5-6-7-8-9-10-11-12-13-14-15-18-16-20-17-19-18/h17-18H,2-16H2,1H3. The summed E-state index contributed by atoms with van der Waals surface area (Å²) in [7, 11) is 0. The average molecular weight is 298 g/mol. The third-order valence-electron chi connectivity index (χ3n) is 4.28. The van der Waals surface area contributed by atoms with Crippen LogP contribution < -0.4 is 0 Å². The molecule has 1 unspecified atom stereocenters. The van der Waals surface area contributed by atoms with Crippen molar-refractivity contribution in [2.75, 3.05) is 5.75 Å². The second kappa shape index (κ2) is 14.0. The van der Waals surface area contributed by atoms with Gasteiger partial charge in [0.1, 0.15) is 0 Å². The summed E-state index contributed by atoms with van der Waals surface area (Å²) in [5, 5.41) is 0. The molecule has 1 nitrogen and oxygen atoms in total. The van der Waals surface area contributed by atoms with E-state index in [2.05, 4.69) is 11.9 Å². The molecule has 1 heterocycles. The molecule has 1 atom stereocenters. The lowest BCUT2D eigenvalue weighted by molar-refractivity contribution is 0.528. The van der Waals surface area contributed by atoms with E-state index in [9.17, 15) is 0 Å². The SMILES string of the molecule is CCCCCCCCCCCCCCCC1CSC=N1. The first kappa shape index (κ1) is 18.1. The zero-order valence-corrected chi connectivity index (χ0v) is 14.4. The van der Waals surface area contributed by atoms with Crippen molar-refractivity contribution in [2.24, 2.45) is 4.99 Å². The van der Waals surface area contributed by atoms with Crippen LogP contribution in [0.3, 0.4) is 0 Å². The smallest absolute Gasteiger partial charge is 0.0600 e. The van der Waals surface area contributed by atoms with Gasteiger partial charge in [-0.2, -0.15) is 0 Å². The second-order valence-electron chi connectivity index (χ2n) is 6.27. The molecular weight excluding hydrogens is 262 g/mol. The molecule has 0 aromatic carbocycles. The summed E-state index contributed by atoms with van der Waals surface area (Å²) >= 11 is 1.88. The molecule has 0 N–H and O–H groups in total. The van der Waals surface area contributed by atoms with E-state index in [0.717, 1.165) is 0 Å². The summed E-state index contributed by atoms with van der Waals surface area (Å²) < 4.78 is 0. The van der Waals surface area contributed by atoms with E-state index in [1.54, 1.807) is 0 Å². The normalized spacial score (nSPS) is 17.9. The van der Waals surface area contributed by atoms with E-state index >= 15 is 0 Å². The Morgan fingerprint density at radius 2 is 1.30 bits per heavy atom. The van der Waals surface area contributed by atoms with E-state index in [0.29, 0.717) is 6.04 Å². The molecule has 20 heavy (non-hydrogen) atoms. The van der Waals surface area contributed by atoms with Crippen LogP contribution in [0.4, 0.5) is 0 Å². The van der Waals surface area contributed by atoms with Gasteiger partial charge in [-0.3, -0.25) is 4.99 Å². The number of hydrogen-bond donors (Lipinski definition) is 0. The highest BCUT2D eigenvalue weighted by Gasteiger charge is 2.09. The summed E-state index contributed by atoms with van der Waals surface area (Å²) in [4.78, 5) is 4.47. The van der Waals surface area contributed by atoms with Gasteiger partial charge in [-0.15, -0.1) is 11.8 Å². The van der Waals surface area contributed by atoms with Gasteiger partial charge in [0.05, 0.1) is 11.6 Å². The minimum atomic E-state index is 0.646. The van der Waals surface area contributed by atoms with E-state index < -0.39 is 0 Å². The van der Waals surface area contributed by atoms with Gasteiger partial charge in [0.25, 0.3) is 0 Å². The van der Waals surface area contributed by atoms with Crippen molar-refractivity contribution < 1.29 is 0 Å². The third-order valence-corrected chi connectivity index (χ3v) is 5.12. The van der Waals surface area contributed by atoms with Gasteiger partial charge in [-0.05, 0) is 6.42 Å². The summed E-state index contributed by atoms with van der Waals surface area (Å²) in [6, 6.07) is 0.646. The maximum atomic E-state index is 4.47. The molecule has 0 bridgehead atoms. The maximum absolute atomic E-state index is 4.47. The number of aliphatic imine (C=N–C) groups is 1. The Kier molecular flexibility index (Phi) is 12.6. The van der Waals surface area contributed by atoms with Crippen LogP contribution >= 0.6 is 11.8 Å². The van der Waals surface area contributed by atoms with Gasteiger partial charge in [0.2, 0.25) is 0 Å². The Labute approximate surface area is 131 Å². The van der Waals surface area contributed by atoms with Crippen molar-refractivity contribution in [1.29, 1.82) is 0 Å². The number of rotatable bonds is 14. The Balaban J connectivity index is 1.67. The molecule has 0 spiro atoms. The molecule has 0 amide bonds. The number of thioether (sulfide) groups is 1. The number of unbranched alkanes of at least 4 members (excludes halogenated alkanes) is 12. The molecular formula is C18H35NS. The molecule has 0 radical (unpaired) electrons. The van der Waals surface area contributed by atoms with Crippen molar-refractivity contribution in [2.45, 2.75) is 103 Å². The summed E-state index contributed by atoms with van der Waals surface area (Å²) in [5.41, 5.74) is 2.03. The molecule has 0 aromatic rings. The lowest BCUT2D eigenvalue weighted by Crippen LogP contribution is -2.02. The average Bonchev–Trinajstić information content (AvgIpc) is 2.97. The topological polar surface area (TPSA) is 12.4 Å². The van der Waals surface area contributed by atoms with Crippen LogP contribution in [0.15, 0.2) is 4.99 Å². The third kappa shape index (κ3) is 10.8. The number of nitrogens with zero attached hydrogens (tertiary/aromatic N) is 1. The van der Waals surface area contributed by atoms with Crippen LogP contribution in [-0.4, -0.2) is 17.3 Å². The first-order valence-electron chi connectivity index (χ1n) is 9.06. The predicted octanol–water partition coefficient (Wildman–Crippen LogP) is 6.61. The zero-order chi connectivity index (χ0) is 14.3. The molecule has 2 heteroatoms. The molecule has 0 aromatic heterocycles. The fourth-order valence-electron chi connectivity index (χ4n) is 2.88. The zero-order valence-electron chi connectivity index (χ0n) is 13.6. The predicted molar refractivity (Wildman–Crippen MR) is 95.1 cm³/mol. The Morgan fingerprint density at radius 1 is 0.800 bits per heavy atom. The van der Waals surface area contributed by atoms with E-state index in [1.165, 1.54) is 95.6 Å². The first-order valence-corrected chi connectivity index (χ1v) is 10.1. The highest BCUT2D eigenvalue weighted by Crippen LogP contribution is 2.18. The van der Waals surface area contributed by atoms with Gasteiger partial charge in [-0.1, -0.05) is 90.4 Å². The van der Waals surface area contributed by atoms with Crippen molar-refractivity contribution in [3.05, 3.63) is 0 Å². The molecule has 0 saturated heterocycles. The lowest BCUT2D eigenvalue weighted by atomic mass is 10.0. The van der Waals surface area contributed by atoms with E-state index in [4.69, 9.17) is 0 Å². The van der Waals surface area contributed by atoms with Crippen molar-refractivity contribution >= 4 is 17.3 Å². The Bertz CT molecular complexity index is 227. The van der Waals surface area contributed by atoms with Gasteiger partial charge < -0.3 is 0 Å². The molecule has 1 aliphatic rings. The lowest BCUT2D eigenvalue weighted by Gasteiger charge is -2.05. The van der Waals surface area contributed by atoms with Crippen LogP contribution in [0.5, 0.6) is 0 Å². The highest BCUT2D eigenvalue weighted by molar-refractivity contribution is 8.12. The van der Waals surface area contributed by atoms with Gasteiger partial charge in [-0.25, -0.2) is 0 Å². The minimum absolute atomic E-state index is 0.646. The Morgan fingerprint density at radius 3 is 1.75 bits per heavy atom. The van der Waals surface area contributed by atoms with Crippen molar-refractivity contribution in [1.82, 2.24) is 0 Å². The molecule has 118 valence electrons. The summed E-state index contributed by atoms with van der Waals surface area (Å²) in [6.07, 6.45) is 20.1. The van der Waals surface area contributed by atoms with Crippen LogP contribution in [-0.2, 0) is 0 Å². The van der Waals surface area contributed by atoms with E-state index in [1.807, 2.05) is 17.3 Å². The second-order valence-corrected chi connectivity index (χ2v) is 7.15.